The molecule has 2 aliphatic rings. The minimum Gasteiger partial charge on any atom is -0.390 e. The number of fused-ring (bicyclic) bond motifs is 2. The molecule has 6 nitrogen and oxygen atoms in total. The summed E-state index contributed by atoms with van der Waals surface area (Å²) in [6, 6.07) is 18.4. The number of carbonyl (C=O) groups excluding carboxylic acids is 1. The highest BCUT2D eigenvalue weighted by atomic mass is 16.3. The minimum absolute atomic E-state index is 0.0121. The number of aromatic nitrogens is 1. The summed E-state index contributed by atoms with van der Waals surface area (Å²) in [6.45, 7) is 4.09. The van der Waals surface area contributed by atoms with Gasteiger partial charge in [0.2, 0.25) is 0 Å². The Morgan fingerprint density at radius 3 is 2.67 bits per heavy atom. The molecule has 0 spiro atoms. The Morgan fingerprint density at radius 1 is 0.970 bits per heavy atom. The van der Waals surface area contributed by atoms with Gasteiger partial charge >= 0.3 is 0 Å². The van der Waals surface area contributed by atoms with Crippen LogP contribution >= 0.6 is 0 Å². The molecule has 33 heavy (non-hydrogen) atoms. The fourth-order valence-electron chi connectivity index (χ4n) is 4.85. The first-order chi connectivity index (χ1) is 16.2. The molecule has 0 bridgehead atoms. The zero-order valence-electron chi connectivity index (χ0n) is 18.8. The molecule has 2 aromatic carbocycles. The lowest BCUT2D eigenvalue weighted by molar-refractivity contribution is 0.0493. The average molecular weight is 443 g/mol. The normalized spacial score (nSPS) is 16.8. The molecule has 170 valence electrons. The lowest BCUT2D eigenvalue weighted by Crippen LogP contribution is -2.46. The molecule has 0 saturated heterocycles. The Hall–Kier alpha value is -3.22. The summed E-state index contributed by atoms with van der Waals surface area (Å²) in [6.07, 6.45) is 4.87. The van der Waals surface area contributed by atoms with Crippen LogP contribution in [0.4, 0.5) is 5.69 Å². The van der Waals surface area contributed by atoms with Gasteiger partial charge in [0.25, 0.3) is 5.91 Å². The van der Waals surface area contributed by atoms with Crippen molar-refractivity contribution in [3.8, 4) is 0 Å². The van der Waals surface area contributed by atoms with E-state index in [0.29, 0.717) is 26.2 Å². The fraction of sp³-hybridized carbons (Fsp3) is 0.333. The molecule has 0 saturated carbocycles. The molecule has 2 N–H and O–H groups in total. The van der Waals surface area contributed by atoms with Crippen LogP contribution in [-0.2, 0) is 25.9 Å². The van der Waals surface area contributed by atoms with Gasteiger partial charge in [-0.15, -0.1) is 0 Å². The largest absolute Gasteiger partial charge is 0.390 e. The van der Waals surface area contributed by atoms with Crippen LogP contribution < -0.4 is 5.32 Å². The predicted molar refractivity (Wildman–Crippen MR) is 129 cm³/mol. The smallest absolute Gasteiger partial charge is 0.254 e. The van der Waals surface area contributed by atoms with Crippen molar-refractivity contribution in [1.29, 1.82) is 0 Å². The number of anilines is 1. The van der Waals surface area contributed by atoms with Crippen LogP contribution in [0.2, 0.25) is 0 Å². The van der Waals surface area contributed by atoms with Gasteiger partial charge < -0.3 is 15.3 Å². The molecule has 1 atom stereocenters. The van der Waals surface area contributed by atoms with E-state index < -0.39 is 6.10 Å². The first-order valence-corrected chi connectivity index (χ1v) is 11.7. The van der Waals surface area contributed by atoms with Crippen molar-refractivity contribution in [3.05, 3.63) is 94.8 Å². The Bertz CT molecular complexity index is 1120. The highest BCUT2D eigenvalue weighted by Crippen LogP contribution is 2.24. The first kappa shape index (κ1) is 21.6. The second kappa shape index (κ2) is 9.73. The van der Waals surface area contributed by atoms with Gasteiger partial charge in [-0.05, 0) is 59.4 Å². The summed E-state index contributed by atoms with van der Waals surface area (Å²) in [5.41, 5.74) is 6.67. The highest BCUT2D eigenvalue weighted by Gasteiger charge is 2.27. The van der Waals surface area contributed by atoms with E-state index in [9.17, 15) is 9.90 Å². The van der Waals surface area contributed by atoms with Gasteiger partial charge in [-0.25, -0.2) is 0 Å². The van der Waals surface area contributed by atoms with Crippen LogP contribution in [0.5, 0.6) is 0 Å². The molecule has 0 aliphatic carbocycles. The number of β-amino-alcohol motifs (C(OH)–C–C–N with tert-alkyl or cyclic N) is 1. The van der Waals surface area contributed by atoms with E-state index in [-0.39, 0.29) is 5.91 Å². The van der Waals surface area contributed by atoms with Crippen molar-refractivity contribution >= 4 is 11.6 Å². The molecule has 3 aromatic rings. The second-order valence-electron chi connectivity index (χ2n) is 9.00. The van der Waals surface area contributed by atoms with Crippen LogP contribution in [0.25, 0.3) is 0 Å². The Kier molecular flexibility index (Phi) is 6.37. The summed E-state index contributed by atoms with van der Waals surface area (Å²) in [7, 11) is 0. The summed E-state index contributed by atoms with van der Waals surface area (Å²) in [5, 5.41) is 14.2. The predicted octanol–water partition coefficient (Wildman–Crippen LogP) is 3.11. The third-order valence-corrected chi connectivity index (χ3v) is 6.60. The molecule has 0 radical (unpaired) electrons. The molecule has 1 amide bonds. The molecular weight excluding hydrogens is 412 g/mol. The summed E-state index contributed by atoms with van der Waals surface area (Å²) in [4.78, 5) is 21.3. The number of hydrogen-bond acceptors (Lipinski definition) is 5. The maximum Gasteiger partial charge on any atom is 0.254 e. The molecule has 1 unspecified atom stereocenters. The molecule has 5 rings (SSSR count). The Balaban J connectivity index is 1.16. The zero-order valence-corrected chi connectivity index (χ0v) is 18.8. The molecule has 6 heteroatoms. The number of aliphatic hydroxyl groups is 1. The van der Waals surface area contributed by atoms with Gasteiger partial charge in [0.1, 0.15) is 0 Å². The van der Waals surface area contributed by atoms with Crippen molar-refractivity contribution in [1.82, 2.24) is 14.8 Å². The summed E-state index contributed by atoms with van der Waals surface area (Å²) in [5.74, 6) is 0.0121. The average Bonchev–Trinajstić information content (AvgIpc) is 2.85. The van der Waals surface area contributed by atoms with Crippen molar-refractivity contribution in [2.45, 2.75) is 32.0 Å². The molecular formula is C27H30N4O2. The number of hydrogen-bond donors (Lipinski definition) is 2. The quantitative estimate of drug-likeness (QED) is 0.589. The van der Waals surface area contributed by atoms with Gasteiger partial charge in [0, 0.05) is 62.9 Å². The molecule has 0 fully saturated rings. The van der Waals surface area contributed by atoms with Gasteiger partial charge in [-0.2, -0.15) is 0 Å². The van der Waals surface area contributed by atoms with E-state index >= 15 is 0 Å². The van der Waals surface area contributed by atoms with E-state index in [0.717, 1.165) is 48.3 Å². The third kappa shape index (κ3) is 5.07. The maximum atomic E-state index is 13.1. The number of carbonyl (C=O) groups is 1. The zero-order chi connectivity index (χ0) is 22.6. The van der Waals surface area contributed by atoms with E-state index in [1.54, 1.807) is 11.1 Å². The van der Waals surface area contributed by atoms with Crippen molar-refractivity contribution < 1.29 is 9.90 Å². The number of rotatable bonds is 7. The minimum atomic E-state index is -0.554. The van der Waals surface area contributed by atoms with Crippen molar-refractivity contribution in [3.63, 3.8) is 0 Å². The molecule has 1 aromatic heterocycles. The van der Waals surface area contributed by atoms with Crippen LogP contribution in [-0.4, -0.2) is 58.1 Å². The van der Waals surface area contributed by atoms with Crippen LogP contribution in [0, 0.1) is 0 Å². The number of benzene rings is 2. The third-order valence-electron chi connectivity index (χ3n) is 6.60. The lowest BCUT2D eigenvalue weighted by atomic mass is 9.97. The number of amides is 1. The van der Waals surface area contributed by atoms with Crippen molar-refractivity contribution in [2.75, 3.05) is 31.5 Å². The lowest BCUT2D eigenvalue weighted by Gasteiger charge is -2.34. The van der Waals surface area contributed by atoms with Gasteiger partial charge in [0.05, 0.1) is 6.10 Å². The number of pyridine rings is 1. The van der Waals surface area contributed by atoms with E-state index in [4.69, 9.17) is 0 Å². The fourth-order valence-corrected chi connectivity index (χ4v) is 4.85. The van der Waals surface area contributed by atoms with E-state index in [1.807, 2.05) is 30.5 Å². The van der Waals surface area contributed by atoms with Crippen molar-refractivity contribution in [2.24, 2.45) is 0 Å². The number of nitrogens with one attached hydrogen (secondary N) is 1. The van der Waals surface area contributed by atoms with Crippen LogP contribution in [0.15, 0.2) is 67.0 Å². The maximum absolute atomic E-state index is 13.1. The standard InChI is InChI=1S/C27H30N4O2/c32-25(18-30-12-9-21-5-1-2-6-23(21)17-30)19-31-13-10-22-14-24(7-8-26(22)27(31)33)29-16-20-4-3-11-28-15-20/h1-8,11,14-15,25,29,32H,9-10,12-13,16-19H2. The molecule has 3 heterocycles. The van der Waals surface area contributed by atoms with Gasteiger partial charge in [-0.3, -0.25) is 14.7 Å². The SMILES string of the molecule is O=C1c2ccc(NCc3cccnc3)cc2CCN1CC(O)CN1CCc2ccccc2C1. The molecule has 2 aliphatic heterocycles. The monoisotopic (exact) mass is 442 g/mol. The Morgan fingerprint density at radius 2 is 1.82 bits per heavy atom. The number of aliphatic hydroxyl groups excluding tert-OH is 1. The summed E-state index contributed by atoms with van der Waals surface area (Å²) < 4.78 is 0. The summed E-state index contributed by atoms with van der Waals surface area (Å²) >= 11 is 0. The first-order valence-electron chi connectivity index (χ1n) is 11.7. The van der Waals surface area contributed by atoms with Gasteiger partial charge in [-0.1, -0.05) is 30.3 Å². The van der Waals surface area contributed by atoms with E-state index in [1.165, 1.54) is 11.1 Å². The van der Waals surface area contributed by atoms with Crippen LogP contribution in [0.3, 0.4) is 0 Å². The van der Waals surface area contributed by atoms with Crippen LogP contribution in [0.1, 0.15) is 32.6 Å². The van der Waals surface area contributed by atoms with E-state index in [2.05, 4.69) is 45.5 Å². The number of nitrogens with zero attached hydrogens (tertiary/aromatic N) is 3. The Labute approximate surface area is 194 Å². The topological polar surface area (TPSA) is 68.7 Å². The van der Waals surface area contributed by atoms with Gasteiger partial charge in [0.15, 0.2) is 0 Å². The second-order valence-corrected chi connectivity index (χ2v) is 9.00. The highest BCUT2D eigenvalue weighted by molar-refractivity contribution is 5.97.